The zero-order valence-corrected chi connectivity index (χ0v) is 24.0. The molecule has 10 heteroatoms. The summed E-state index contributed by atoms with van der Waals surface area (Å²) in [5.74, 6) is 0.585. The van der Waals surface area contributed by atoms with Gasteiger partial charge in [-0.1, -0.05) is 65.7 Å². The lowest BCUT2D eigenvalue weighted by Gasteiger charge is -2.40. The zero-order chi connectivity index (χ0) is 28.3. The second-order valence-electron chi connectivity index (χ2n) is 9.49. The highest BCUT2D eigenvalue weighted by molar-refractivity contribution is 7.92. The van der Waals surface area contributed by atoms with Gasteiger partial charge in [0.2, 0.25) is 0 Å². The molecule has 1 heterocycles. The van der Waals surface area contributed by atoms with Crippen LogP contribution in [0.4, 0.5) is 5.69 Å². The maximum absolute atomic E-state index is 13.9. The normalized spacial score (nSPS) is 16.0. The van der Waals surface area contributed by atoms with Crippen molar-refractivity contribution < 1.29 is 17.9 Å². The minimum absolute atomic E-state index is 0.00844. The average molecular weight is 597 g/mol. The summed E-state index contributed by atoms with van der Waals surface area (Å²) in [4.78, 5) is 17.9. The number of carbonyl (C=O) groups excluding carboxylic acids is 1. The lowest BCUT2D eigenvalue weighted by molar-refractivity contribution is 0.0499. The van der Waals surface area contributed by atoms with Gasteiger partial charge in [-0.15, -0.1) is 0 Å². The zero-order valence-electron chi connectivity index (χ0n) is 21.6. The first-order chi connectivity index (χ1) is 19.2. The van der Waals surface area contributed by atoms with Crippen molar-refractivity contribution in [3.05, 3.63) is 118 Å². The number of likely N-dealkylation sites (N-methyl/N-ethyl adjacent to an activating group) is 1. The van der Waals surface area contributed by atoms with Crippen molar-refractivity contribution in [2.45, 2.75) is 10.9 Å². The molecule has 40 heavy (non-hydrogen) atoms. The number of para-hydroxylation sites is 1. The molecule has 0 aliphatic carbocycles. The second-order valence-corrected chi connectivity index (χ2v) is 12.0. The summed E-state index contributed by atoms with van der Waals surface area (Å²) in [5, 5.41) is 0.772. The van der Waals surface area contributed by atoms with Crippen LogP contribution < -0.4 is 9.46 Å². The first-order valence-electron chi connectivity index (χ1n) is 12.6. The summed E-state index contributed by atoms with van der Waals surface area (Å²) in [6, 6.07) is 27.1. The summed E-state index contributed by atoms with van der Waals surface area (Å²) in [5.41, 5.74) is 1.34. The molecule has 0 aromatic heterocycles. The largest absolute Gasteiger partial charge is 0.456 e. The van der Waals surface area contributed by atoms with Crippen LogP contribution in [0.1, 0.15) is 22.0 Å². The van der Waals surface area contributed by atoms with Crippen molar-refractivity contribution in [2.75, 3.05) is 31.4 Å². The van der Waals surface area contributed by atoms with Gasteiger partial charge in [0, 0.05) is 24.7 Å². The summed E-state index contributed by atoms with van der Waals surface area (Å²) < 4.78 is 35.1. The predicted octanol–water partition coefficient (Wildman–Crippen LogP) is 6.72. The van der Waals surface area contributed by atoms with Crippen LogP contribution in [0.25, 0.3) is 0 Å². The first kappa shape index (κ1) is 28.0. The Labute approximate surface area is 243 Å². The highest BCUT2D eigenvalue weighted by atomic mass is 35.5. The summed E-state index contributed by atoms with van der Waals surface area (Å²) in [6.45, 7) is 1.83. The minimum Gasteiger partial charge on any atom is -0.456 e. The number of amides is 1. The molecule has 1 amide bonds. The molecule has 1 N–H and O–H groups in total. The molecule has 4 aromatic rings. The maximum Gasteiger partial charge on any atom is 0.261 e. The molecule has 1 saturated heterocycles. The molecule has 0 spiro atoms. The van der Waals surface area contributed by atoms with Crippen LogP contribution in [0, 0.1) is 0 Å². The number of rotatable bonds is 7. The lowest BCUT2D eigenvalue weighted by Crippen LogP contribution is -2.49. The number of carbonyl (C=O) groups is 1. The average Bonchev–Trinajstić information content (AvgIpc) is 2.95. The fraction of sp³-hybridized carbons (Fsp3) is 0.167. The molecular formula is C30H27Cl2N3O4S. The van der Waals surface area contributed by atoms with Gasteiger partial charge >= 0.3 is 0 Å². The van der Waals surface area contributed by atoms with Crippen LogP contribution in [0.3, 0.4) is 0 Å². The predicted molar refractivity (Wildman–Crippen MR) is 158 cm³/mol. The van der Waals surface area contributed by atoms with E-state index in [9.17, 15) is 13.2 Å². The molecule has 0 unspecified atom stereocenters. The van der Waals surface area contributed by atoms with Gasteiger partial charge in [-0.25, -0.2) is 8.42 Å². The van der Waals surface area contributed by atoms with Crippen molar-refractivity contribution in [3.8, 4) is 11.5 Å². The fourth-order valence-corrected chi connectivity index (χ4v) is 6.03. The highest BCUT2D eigenvalue weighted by Gasteiger charge is 2.32. The monoisotopic (exact) mass is 595 g/mol. The Hall–Kier alpha value is -3.56. The maximum atomic E-state index is 13.9. The molecule has 1 aliphatic heterocycles. The van der Waals surface area contributed by atoms with Crippen molar-refractivity contribution in [1.82, 2.24) is 9.80 Å². The molecule has 1 fully saturated rings. The van der Waals surface area contributed by atoms with Crippen LogP contribution in [0.15, 0.2) is 102 Å². The molecule has 5 rings (SSSR count). The number of ether oxygens (including phenoxy) is 1. The highest BCUT2D eigenvalue weighted by Crippen LogP contribution is 2.32. The summed E-state index contributed by atoms with van der Waals surface area (Å²) in [7, 11) is -2.02. The molecule has 0 radical (unpaired) electrons. The van der Waals surface area contributed by atoms with E-state index in [-0.39, 0.29) is 28.1 Å². The molecule has 0 saturated carbocycles. The third-order valence-electron chi connectivity index (χ3n) is 6.68. The van der Waals surface area contributed by atoms with E-state index in [2.05, 4.69) is 9.62 Å². The number of anilines is 1. The van der Waals surface area contributed by atoms with Gasteiger partial charge in [0.25, 0.3) is 15.9 Å². The van der Waals surface area contributed by atoms with Gasteiger partial charge in [-0.2, -0.15) is 0 Å². The van der Waals surface area contributed by atoms with Crippen LogP contribution in [-0.2, 0) is 10.0 Å². The summed E-state index contributed by atoms with van der Waals surface area (Å²) >= 11 is 12.4. The quantitative estimate of drug-likeness (QED) is 0.257. The van der Waals surface area contributed by atoms with Crippen molar-refractivity contribution in [2.24, 2.45) is 0 Å². The van der Waals surface area contributed by atoms with Crippen LogP contribution in [0.5, 0.6) is 11.5 Å². The molecule has 1 atom stereocenters. The van der Waals surface area contributed by atoms with Gasteiger partial charge < -0.3 is 14.5 Å². The van der Waals surface area contributed by atoms with E-state index >= 15 is 0 Å². The van der Waals surface area contributed by atoms with E-state index in [0.29, 0.717) is 41.2 Å². The lowest BCUT2D eigenvalue weighted by atomic mass is 10.0. The number of piperazine rings is 1. The molecule has 206 valence electrons. The van der Waals surface area contributed by atoms with Gasteiger partial charge in [0.05, 0.1) is 27.2 Å². The van der Waals surface area contributed by atoms with Crippen LogP contribution in [-0.4, -0.2) is 50.8 Å². The van der Waals surface area contributed by atoms with Gasteiger partial charge in [-0.05, 0) is 67.2 Å². The van der Waals surface area contributed by atoms with Gasteiger partial charge in [0.1, 0.15) is 11.5 Å². The summed E-state index contributed by atoms with van der Waals surface area (Å²) in [6.07, 6.45) is 0. The number of sulfonamides is 1. The van der Waals surface area contributed by atoms with Crippen LogP contribution >= 0.6 is 23.2 Å². The second kappa shape index (κ2) is 11.9. The van der Waals surface area contributed by atoms with E-state index in [4.69, 9.17) is 27.9 Å². The van der Waals surface area contributed by atoms with E-state index in [1.165, 1.54) is 24.3 Å². The van der Waals surface area contributed by atoms with Crippen molar-refractivity contribution in [3.63, 3.8) is 0 Å². The Bertz CT molecular complexity index is 1620. The van der Waals surface area contributed by atoms with E-state index in [1.807, 2.05) is 37.4 Å². The van der Waals surface area contributed by atoms with Crippen molar-refractivity contribution in [1.29, 1.82) is 0 Å². The molecule has 1 aliphatic rings. The molecule has 0 bridgehead atoms. The standard InChI is InChI=1S/C30H27Cl2N3O4S/c1-34-17-18-35(28(20-34)21-7-3-2-4-8-21)30(36)25-19-22(31)11-16-27(25)33-40(37,38)24-14-12-23(13-15-24)39-29-10-6-5-9-26(29)32/h2-16,19,28,33H,17-18,20H2,1H3/t28-/m0/s1. The SMILES string of the molecule is CN1CCN(C(=O)c2cc(Cl)ccc2NS(=O)(=O)c2ccc(Oc3ccccc3Cl)cc2)[C@H](c2ccccc2)C1. The number of nitrogens with one attached hydrogen (secondary N) is 1. The van der Waals surface area contributed by atoms with E-state index < -0.39 is 10.0 Å². The van der Waals surface area contributed by atoms with Crippen molar-refractivity contribution >= 4 is 44.8 Å². The van der Waals surface area contributed by atoms with Gasteiger partial charge in [-0.3, -0.25) is 9.52 Å². The Kier molecular flexibility index (Phi) is 8.32. The number of nitrogens with zero attached hydrogens (tertiary/aromatic N) is 2. The molecule has 7 nitrogen and oxygen atoms in total. The molecule has 4 aromatic carbocycles. The molecular weight excluding hydrogens is 569 g/mol. The van der Waals surface area contributed by atoms with E-state index in [0.717, 1.165) is 5.56 Å². The fourth-order valence-electron chi connectivity index (χ4n) is 4.61. The third kappa shape index (κ3) is 6.26. The number of benzene rings is 4. The Morgan fingerprint density at radius 1 is 0.900 bits per heavy atom. The Morgan fingerprint density at radius 2 is 1.60 bits per heavy atom. The van der Waals surface area contributed by atoms with Crippen LogP contribution in [0.2, 0.25) is 10.0 Å². The first-order valence-corrected chi connectivity index (χ1v) is 14.8. The number of hydrogen-bond donors (Lipinski definition) is 1. The van der Waals surface area contributed by atoms with E-state index in [1.54, 1.807) is 47.4 Å². The number of hydrogen-bond acceptors (Lipinski definition) is 5. The smallest absolute Gasteiger partial charge is 0.261 e. The van der Waals surface area contributed by atoms with Gasteiger partial charge in [0.15, 0.2) is 0 Å². The minimum atomic E-state index is -4.04. The number of halogens is 2. The Morgan fingerprint density at radius 3 is 2.33 bits per heavy atom. The Balaban J connectivity index is 1.40. The third-order valence-corrected chi connectivity index (χ3v) is 8.61. The topological polar surface area (TPSA) is 79.0 Å².